The van der Waals surface area contributed by atoms with E-state index in [1.165, 1.54) is 0 Å². The lowest BCUT2D eigenvalue weighted by atomic mass is 10.0. The summed E-state index contributed by atoms with van der Waals surface area (Å²) in [6.07, 6.45) is 0.0865. The van der Waals surface area contributed by atoms with E-state index < -0.39 is 0 Å². The molecule has 3 aromatic carbocycles. The van der Waals surface area contributed by atoms with Gasteiger partial charge in [-0.2, -0.15) is 0 Å². The summed E-state index contributed by atoms with van der Waals surface area (Å²) < 4.78 is 6.14. The molecule has 0 aliphatic heterocycles. The van der Waals surface area contributed by atoms with Crippen LogP contribution in [0.15, 0.2) is 63.8 Å². The number of carbonyl (C=O) groups excluding carboxylic acids is 1. The first-order valence-electron chi connectivity index (χ1n) is 8.94. The molecule has 0 atom stereocenters. The molecule has 1 amide bonds. The Morgan fingerprint density at radius 2 is 1.75 bits per heavy atom. The number of aryl methyl sites for hydroxylation is 2. The molecule has 0 bridgehead atoms. The van der Waals surface area contributed by atoms with Crippen LogP contribution in [0.2, 0.25) is 5.02 Å². The number of para-hydroxylation sites is 1. The number of hydrogen-bond donors (Lipinski definition) is 1. The predicted octanol–water partition coefficient (Wildman–Crippen LogP) is 5.40. The van der Waals surface area contributed by atoms with Gasteiger partial charge in [-0.15, -0.1) is 0 Å². The van der Waals surface area contributed by atoms with Crippen molar-refractivity contribution in [3.63, 3.8) is 0 Å². The van der Waals surface area contributed by atoms with E-state index in [1.807, 2.05) is 19.9 Å². The zero-order chi connectivity index (χ0) is 19.8. The van der Waals surface area contributed by atoms with Gasteiger partial charge < -0.3 is 9.73 Å². The van der Waals surface area contributed by atoms with E-state index in [9.17, 15) is 9.59 Å². The second-order valence-electron chi connectivity index (χ2n) is 6.84. The first kappa shape index (κ1) is 18.3. The molecule has 1 N–H and O–H groups in total. The Kier molecular flexibility index (Phi) is 4.65. The molecule has 0 spiro atoms. The van der Waals surface area contributed by atoms with Gasteiger partial charge in [-0.25, -0.2) is 0 Å². The quantitative estimate of drug-likeness (QED) is 0.476. The Morgan fingerprint density at radius 1 is 1.00 bits per heavy atom. The molecule has 4 nitrogen and oxygen atoms in total. The van der Waals surface area contributed by atoms with Crippen LogP contribution >= 0.6 is 11.6 Å². The van der Waals surface area contributed by atoms with Crippen molar-refractivity contribution in [3.05, 3.63) is 86.5 Å². The standard InChI is InChI=1S/C23H18ClNO3/c1-13-9-10-19-21(27)18-8-3-5-15(23(18)28-22(19)14(13)2)11-20(26)25-17-7-4-6-16(24)12-17/h3-10,12H,11H2,1-2H3,(H,25,26). The smallest absolute Gasteiger partial charge is 0.228 e. The van der Waals surface area contributed by atoms with Crippen LogP contribution in [0.5, 0.6) is 0 Å². The molecule has 0 saturated heterocycles. The fraction of sp³-hybridized carbons (Fsp3) is 0.130. The SMILES string of the molecule is Cc1ccc2c(=O)c3cccc(CC(=O)Nc4cccc(Cl)c4)c3oc2c1C. The highest BCUT2D eigenvalue weighted by molar-refractivity contribution is 6.30. The van der Waals surface area contributed by atoms with Crippen molar-refractivity contribution in [2.24, 2.45) is 0 Å². The maximum atomic E-state index is 12.9. The lowest BCUT2D eigenvalue weighted by Gasteiger charge is -2.10. The summed E-state index contributed by atoms with van der Waals surface area (Å²) in [5, 5.41) is 4.40. The fourth-order valence-electron chi connectivity index (χ4n) is 3.32. The summed E-state index contributed by atoms with van der Waals surface area (Å²) in [5.41, 5.74) is 4.19. The third kappa shape index (κ3) is 3.27. The van der Waals surface area contributed by atoms with E-state index in [1.54, 1.807) is 48.5 Å². The predicted molar refractivity (Wildman–Crippen MR) is 113 cm³/mol. The minimum Gasteiger partial charge on any atom is -0.455 e. The van der Waals surface area contributed by atoms with Crippen molar-refractivity contribution in [2.45, 2.75) is 20.3 Å². The number of carbonyl (C=O) groups is 1. The molecule has 0 unspecified atom stereocenters. The molecule has 4 rings (SSSR count). The van der Waals surface area contributed by atoms with Crippen LogP contribution in [0.1, 0.15) is 16.7 Å². The molecule has 0 radical (unpaired) electrons. The maximum absolute atomic E-state index is 12.9. The molecule has 0 aliphatic rings. The third-order valence-corrected chi connectivity index (χ3v) is 5.16. The first-order valence-corrected chi connectivity index (χ1v) is 9.32. The van der Waals surface area contributed by atoms with Crippen molar-refractivity contribution >= 4 is 45.1 Å². The number of anilines is 1. The molecule has 1 aromatic heterocycles. The van der Waals surface area contributed by atoms with E-state index in [2.05, 4.69) is 5.32 Å². The van der Waals surface area contributed by atoms with Gasteiger partial charge in [-0.05, 0) is 55.3 Å². The summed E-state index contributed by atoms with van der Waals surface area (Å²) in [6.45, 7) is 3.91. The van der Waals surface area contributed by atoms with Gasteiger partial charge in [-0.1, -0.05) is 35.9 Å². The second kappa shape index (κ2) is 7.13. The van der Waals surface area contributed by atoms with E-state index in [-0.39, 0.29) is 17.8 Å². The molecule has 140 valence electrons. The molecular weight excluding hydrogens is 374 g/mol. The zero-order valence-electron chi connectivity index (χ0n) is 15.5. The van der Waals surface area contributed by atoms with Crippen LogP contribution in [-0.2, 0) is 11.2 Å². The summed E-state index contributed by atoms with van der Waals surface area (Å²) in [5.74, 6) is -0.210. The van der Waals surface area contributed by atoms with Gasteiger partial charge in [0.15, 0.2) is 0 Å². The molecule has 0 fully saturated rings. The lowest BCUT2D eigenvalue weighted by Crippen LogP contribution is -2.15. The van der Waals surface area contributed by atoms with Gasteiger partial charge in [0.2, 0.25) is 11.3 Å². The van der Waals surface area contributed by atoms with Crippen molar-refractivity contribution in [3.8, 4) is 0 Å². The average Bonchev–Trinajstić information content (AvgIpc) is 2.66. The van der Waals surface area contributed by atoms with Gasteiger partial charge >= 0.3 is 0 Å². The van der Waals surface area contributed by atoms with E-state index >= 15 is 0 Å². The monoisotopic (exact) mass is 391 g/mol. The summed E-state index contributed by atoms with van der Waals surface area (Å²) in [7, 11) is 0. The topological polar surface area (TPSA) is 59.3 Å². The molecule has 4 aromatic rings. The Morgan fingerprint density at radius 3 is 2.54 bits per heavy atom. The molecular formula is C23H18ClNO3. The number of benzene rings is 3. The minimum atomic E-state index is -0.210. The second-order valence-corrected chi connectivity index (χ2v) is 7.28. The maximum Gasteiger partial charge on any atom is 0.228 e. The van der Waals surface area contributed by atoms with Gasteiger partial charge in [0.25, 0.3) is 0 Å². The normalized spacial score (nSPS) is 11.1. The number of halogens is 1. The Hall–Kier alpha value is -3.11. The molecule has 0 saturated carbocycles. The van der Waals surface area contributed by atoms with Crippen LogP contribution in [-0.4, -0.2) is 5.91 Å². The van der Waals surface area contributed by atoms with Crippen LogP contribution in [0.25, 0.3) is 21.9 Å². The van der Waals surface area contributed by atoms with Crippen LogP contribution < -0.4 is 10.7 Å². The Labute approximate surface area is 166 Å². The highest BCUT2D eigenvalue weighted by Gasteiger charge is 2.15. The molecule has 0 aliphatic carbocycles. The Bertz CT molecular complexity index is 1290. The summed E-state index contributed by atoms with van der Waals surface area (Å²) in [6, 6.07) is 16.0. The molecule has 5 heteroatoms. The molecule has 28 heavy (non-hydrogen) atoms. The van der Waals surface area contributed by atoms with Gasteiger partial charge in [-0.3, -0.25) is 9.59 Å². The Balaban J connectivity index is 1.78. The number of amides is 1. The summed E-state index contributed by atoms with van der Waals surface area (Å²) in [4.78, 5) is 25.5. The number of nitrogens with one attached hydrogen (secondary N) is 1. The van der Waals surface area contributed by atoms with Crippen molar-refractivity contribution < 1.29 is 9.21 Å². The zero-order valence-corrected chi connectivity index (χ0v) is 16.3. The first-order chi connectivity index (χ1) is 13.4. The van der Waals surface area contributed by atoms with Crippen molar-refractivity contribution in [2.75, 3.05) is 5.32 Å². The van der Waals surface area contributed by atoms with Gasteiger partial charge in [0.1, 0.15) is 11.2 Å². The van der Waals surface area contributed by atoms with Crippen LogP contribution in [0.4, 0.5) is 5.69 Å². The minimum absolute atomic E-state index is 0.0865. The van der Waals surface area contributed by atoms with Crippen LogP contribution in [0.3, 0.4) is 0 Å². The molecule has 1 heterocycles. The lowest BCUT2D eigenvalue weighted by molar-refractivity contribution is -0.115. The average molecular weight is 392 g/mol. The third-order valence-electron chi connectivity index (χ3n) is 4.93. The number of fused-ring (bicyclic) bond motifs is 2. The van der Waals surface area contributed by atoms with E-state index in [4.69, 9.17) is 16.0 Å². The highest BCUT2D eigenvalue weighted by atomic mass is 35.5. The van der Waals surface area contributed by atoms with Gasteiger partial charge in [0.05, 0.1) is 17.2 Å². The van der Waals surface area contributed by atoms with Crippen molar-refractivity contribution in [1.82, 2.24) is 0 Å². The van der Waals surface area contributed by atoms with Crippen molar-refractivity contribution in [1.29, 1.82) is 0 Å². The number of rotatable bonds is 3. The van der Waals surface area contributed by atoms with Crippen LogP contribution in [0, 0.1) is 13.8 Å². The largest absolute Gasteiger partial charge is 0.455 e. The fourth-order valence-corrected chi connectivity index (χ4v) is 3.51. The summed E-state index contributed by atoms with van der Waals surface area (Å²) >= 11 is 5.97. The van der Waals surface area contributed by atoms with E-state index in [0.29, 0.717) is 38.2 Å². The number of hydrogen-bond acceptors (Lipinski definition) is 3. The highest BCUT2D eigenvalue weighted by Crippen LogP contribution is 2.26. The van der Waals surface area contributed by atoms with Gasteiger partial charge in [0, 0.05) is 16.3 Å². The van der Waals surface area contributed by atoms with E-state index in [0.717, 1.165) is 11.1 Å².